The molecule has 1 saturated carbocycles. The average molecular weight is 581 g/mol. The van der Waals surface area contributed by atoms with Crippen molar-refractivity contribution in [2.24, 2.45) is 0 Å². The fourth-order valence-electron chi connectivity index (χ4n) is 6.08. The van der Waals surface area contributed by atoms with Crippen molar-refractivity contribution in [2.75, 3.05) is 35.7 Å². The van der Waals surface area contributed by atoms with E-state index in [1.165, 1.54) is 6.07 Å². The molecule has 10 nitrogen and oxygen atoms in total. The van der Waals surface area contributed by atoms with E-state index >= 15 is 0 Å². The van der Waals surface area contributed by atoms with Gasteiger partial charge in [0.25, 0.3) is 5.91 Å². The zero-order valence-electron chi connectivity index (χ0n) is 23.2. The smallest absolute Gasteiger partial charge is 0.252 e. The minimum Gasteiger partial charge on any atom is -0.363 e. The first kappa shape index (κ1) is 28.8. The van der Waals surface area contributed by atoms with Crippen LogP contribution >= 0.6 is 0 Å². The van der Waals surface area contributed by atoms with Crippen molar-refractivity contribution in [3.8, 4) is 0 Å². The molecule has 0 bridgehead atoms. The average Bonchev–Trinajstić information content (AvgIpc) is 3.40. The Labute approximate surface area is 240 Å². The van der Waals surface area contributed by atoms with Crippen LogP contribution in [-0.4, -0.2) is 69.4 Å². The maximum atomic E-state index is 13.7. The number of hydrogen-bond donors (Lipinski definition) is 2. The summed E-state index contributed by atoms with van der Waals surface area (Å²) in [5.74, 6) is -0.884. The SMILES string of the molecule is CS(=O)(=O)c1ccccc1N1CCC(NC(=O)C2(NC(=O)c3ccc(N4CCCC4=O)cc3)CCCCC2)C(=O)C1. The summed E-state index contributed by atoms with van der Waals surface area (Å²) in [7, 11) is -3.48. The Kier molecular flexibility index (Phi) is 8.17. The first-order valence-corrected chi connectivity index (χ1v) is 16.1. The first-order valence-electron chi connectivity index (χ1n) is 14.2. The van der Waals surface area contributed by atoms with Gasteiger partial charge in [-0.2, -0.15) is 0 Å². The Hall–Kier alpha value is -3.73. The maximum absolute atomic E-state index is 13.7. The summed E-state index contributed by atoms with van der Waals surface area (Å²) in [5, 5.41) is 5.90. The van der Waals surface area contributed by atoms with Gasteiger partial charge in [-0.25, -0.2) is 8.42 Å². The lowest BCUT2D eigenvalue weighted by Crippen LogP contribution is -2.63. The van der Waals surface area contributed by atoms with Gasteiger partial charge >= 0.3 is 0 Å². The molecule has 218 valence electrons. The van der Waals surface area contributed by atoms with E-state index in [9.17, 15) is 27.6 Å². The van der Waals surface area contributed by atoms with Crippen molar-refractivity contribution in [1.82, 2.24) is 10.6 Å². The van der Waals surface area contributed by atoms with Gasteiger partial charge in [-0.15, -0.1) is 0 Å². The molecule has 2 aromatic rings. The number of nitrogens with zero attached hydrogens (tertiary/aromatic N) is 2. The van der Waals surface area contributed by atoms with Gasteiger partial charge in [-0.05, 0) is 62.1 Å². The highest BCUT2D eigenvalue weighted by Crippen LogP contribution is 2.31. The Morgan fingerprint density at radius 3 is 2.27 bits per heavy atom. The topological polar surface area (TPSA) is 133 Å². The molecule has 0 radical (unpaired) electrons. The second kappa shape index (κ2) is 11.6. The predicted octanol–water partition coefficient (Wildman–Crippen LogP) is 2.61. The van der Waals surface area contributed by atoms with Crippen LogP contribution in [0.2, 0.25) is 0 Å². The molecule has 2 aliphatic heterocycles. The number of Topliss-reactive ketones (excluding diaryl/α,β-unsaturated/α-hetero) is 1. The number of benzene rings is 2. The molecule has 41 heavy (non-hydrogen) atoms. The van der Waals surface area contributed by atoms with Crippen molar-refractivity contribution < 1.29 is 27.6 Å². The van der Waals surface area contributed by atoms with Crippen molar-refractivity contribution in [2.45, 2.75) is 67.8 Å². The minimum absolute atomic E-state index is 0.0251. The molecule has 2 heterocycles. The summed E-state index contributed by atoms with van der Waals surface area (Å²) in [6, 6.07) is 12.7. The van der Waals surface area contributed by atoms with E-state index in [4.69, 9.17) is 0 Å². The number of hydrogen-bond acceptors (Lipinski definition) is 7. The van der Waals surface area contributed by atoms with Gasteiger partial charge in [-0.1, -0.05) is 31.4 Å². The molecule has 3 fully saturated rings. The molecule has 5 rings (SSSR count). The molecule has 0 aromatic heterocycles. The van der Waals surface area contributed by atoms with E-state index in [1.54, 1.807) is 52.3 Å². The Morgan fingerprint density at radius 2 is 1.63 bits per heavy atom. The van der Waals surface area contributed by atoms with E-state index in [1.807, 2.05) is 0 Å². The molecule has 2 N–H and O–H groups in total. The molecule has 1 atom stereocenters. The molecule has 2 saturated heterocycles. The van der Waals surface area contributed by atoms with Gasteiger partial charge in [0, 0.05) is 37.0 Å². The van der Waals surface area contributed by atoms with Crippen LogP contribution in [0, 0.1) is 0 Å². The minimum atomic E-state index is -3.48. The van der Waals surface area contributed by atoms with E-state index in [2.05, 4.69) is 10.6 Å². The summed E-state index contributed by atoms with van der Waals surface area (Å²) in [5.41, 5.74) is 0.494. The summed E-state index contributed by atoms with van der Waals surface area (Å²) < 4.78 is 24.5. The first-order chi connectivity index (χ1) is 19.6. The van der Waals surface area contributed by atoms with E-state index in [0.29, 0.717) is 50.0 Å². The second-order valence-corrected chi connectivity index (χ2v) is 13.2. The number of para-hydroxylation sites is 1. The summed E-state index contributed by atoms with van der Waals surface area (Å²) >= 11 is 0. The van der Waals surface area contributed by atoms with Gasteiger partial charge in [0.05, 0.1) is 23.2 Å². The number of sulfone groups is 1. The highest BCUT2D eigenvalue weighted by atomic mass is 32.2. The summed E-state index contributed by atoms with van der Waals surface area (Å²) in [6.45, 7) is 1.03. The van der Waals surface area contributed by atoms with Crippen LogP contribution < -0.4 is 20.4 Å². The third kappa shape index (κ3) is 6.14. The zero-order valence-corrected chi connectivity index (χ0v) is 24.0. The van der Waals surface area contributed by atoms with Gasteiger partial charge < -0.3 is 20.4 Å². The molecular formula is C30H36N4O6S. The number of ketones is 1. The van der Waals surface area contributed by atoms with Gasteiger partial charge in [-0.3, -0.25) is 19.2 Å². The number of carbonyl (C=O) groups is 4. The predicted molar refractivity (Wildman–Crippen MR) is 155 cm³/mol. The maximum Gasteiger partial charge on any atom is 0.252 e. The van der Waals surface area contributed by atoms with Crippen LogP contribution in [0.3, 0.4) is 0 Å². The molecule has 3 amide bonds. The molecule has 1 aliphatic carbocycles. The van der Waals surface area contributed by atoms with Crippen LogP contribution in [0.5, 0.6) is 0 Å². The van der Waals surface area contributed by atoms with E-state index in [0.717, 1.165) is 37.6 Å². The fourth-order valence-corrected chi connectivity index (χ4v) is 6.98. The summed E-state index contributed by atoms with van der Waals surface area (Å²) in [6.07, 6.45) is 6.25. The molecule has 1 unspecified atom stereocenters. The number of carbonyl (C=O) groups excluding carboxylic acids is 4. The van der Waals surface area contributed by atoms with Crippen LogP contribution in [0.1, 0.15) is 61.7 Å². The molecule has 2 aromatic carbocycles. The van der Waals surface area contributed by atoms with Crippen LogP contribution in [0.4, 0.5) is 11.4 Å². The van der Waals surface area contributed by atoms with E-state index in [-0.39, 0.29) is 34.9 Å². The fraction of sp³-hybridized carbons (Fsp3) is 0.467. The highest BCUT2D eigenvalue weighted by Gasteiger charge is 2.43. The number of nitrogens with one attached hydrogen (secondary N) is 2. The third-order valence-corrected chi connectivity index (χ3v) is 9.49. The van der Waals surface area contributed by atoms with Crippen LogP contribution in [-0.2, 0) is 24.2 Å². The molecular weight excluding hydrogens is 544 g/mol. The standard InChI is InChI=1S/C30H36N4O6S/c1-41(39,40)26-9-4-3-8-24(26)33-19-15-23(25(35)20-33)31-29(38)30(16-5-2-6-17-30)32-28(37)21-11-13-22(14-12-21)34-18-7-10-27(34)36/h3-4,8-9,11-14,23H,2,5-7,10,15-20H2,1H3,(H,31,38)(H,32,37). The van der Waals surface area contributed by atoms with E-state index < -0.39 is 21.4 Å². The number of anilines is 2. The van der Waals surface area contributed by atoms with Gasteiger partial charge in [0.1, 0.15) is 5.54 Å². The van der Waals surface area contributed by atoms with Crippen molar-refractivity contribution in [3.05, 3.63) is 54.1 Å². The lowest BCUT2D eigenvalue weighted by molar-refractivity contribution is -0.133. The van der Waals surface area contributed by atoms with Gasteiger partial charge in [0.15, 0.2) is 15.6 Å². The second-order valence-electron chi connectivity index (χ2n) is 11.2. The Morgan fingerprint density at radius 1 is 0.927 bits per heavy atom. The van der Waals surface area contributed by atoms with Crippen molar-refractivity contribution in [1.29, 1.82) is 0 Å². The monoisotopic (exact) mass is 580 g/mol. The molecule has 3 aliphatic rings. The Balaban J connectivity index is 1.26. The Bertz CT molecular complexity index is 1450. The summed E-state index contributed by atoms with van der Waals surface area (Å²) in [4.78, 5) is 55.8. The van der Waals surface area contributed by atoms with Crippen LogP contribution in [0.15, 0.2) is 53.4 Å². The zero-order chi connectivity index (χ0) is 29.2. The number of piperidine rings is 1. The normalized spacial score (nSPS) is 21.0. The quantitative estimate of drug-likeness (QED) is 0.514. The number of rotatable bonds is 7. The lowest BCUT2D eigenvalue weighted by atomic mass is 9.80. The largest absolute Gasteiger partial charge is 0.363 e. The van der Waals surface area contributed by atoms with Gasteiger partial charge in [0.2, 0.25) is 11.8 Å². The molecule has 11 heteroatoms. The highest BCUT2D eigenvalue weighted by molar-refractivity contribution is 7.90. The third-order valence-electron chi connectivity index (χ3n) is 8.34. The number of amides is 3. The van der Waals surface area contributed by atoms with Crippen LogP contribution in [0.25, 0.3) is 0 Å². The molecule has 0 spiro atoms. The van der Waals surface area contributed by atoms with Crippen molar-refractivity contribution >= 4 is 44.7 Å². The lowest BCUT2D eigenvalue weighted by Gasteiger charge is -2.39. The van der Waals surface area contributed by atoms with Crippen molar-refractivity contribution in [3.63, 3.8) is 0 Å².